The fourth-order valence-electron chi connectivity index (χ4n) is 5.04. The molecule has 0 N–H and O–H groups in total. The highest BCUT2D eigenvalue weighted by Crippen LogP contribution is 2.36. The van der Waals surface area contributed by atoms with E-state index in [0.29, 0.717) is 11.8 Å². The second kappa shape index (κ2) is 11.9. The summed E-state index contributed by atoms with van der Waals surface area (Å²) >= 11 is 0. The molecule has 0 aliphatic heterocycles. The molecule has 2 aliphatic carbocycles. The number of aryl methyl sites for hydroxylation is 1. The van der Waals surface area contributed by atoms with Gasteiger partial charge in [-0.3, -0.25) is 4.79 Å². The maximum absolute atomic E-state index is 12.6. The Morgan fingerprint density at radius 2 is 1.73 bits per heavy atom. The predicted molar refractivity (Wildman–Crippen MR) is 121 cm³/mol. The minimum atomic E-state index is 0.0117. The zero-order valence-corrected chi connectivity index (χ0v) is 18.5. The summed E-state index contributed by atoms with van der Waals surface area (Å²) in [6.45, 7) is 2.25. The summed E-state index contributed by atoms with van der Waals surface area (Å²) in [4.78, 5) is 12.6. The van der Waals surface area contributed by atoms with Crippen LogP contribution < -0.4 is 0 Å². The quantitative estimate of drug-likeness (QED) is 0.268. The molecule has 2 fully saturated rings. The molecule has 0 amide bonds. The van der Waals surface area contributed by atoms with Gasteiger partial charge >= 0.3 is 5.97 Å². The number of unbranched alkanes of at least 4 members (excludes halogenated alkanes) is 2. The van der Waals surface area contributed by atoms with E-state index in [1.165, 1.54) is 36.8 Å². The van der Waals surface area contributed by atoms with Crippen LogP contribution in [0.3, 0.4) is 0 Å². The van der Waals surface area contributed by atoms with E-state index in [0.717, 1.165) is 51.4 Å². The number of carbonyl (C=O) groups is 1. The lowest BCUT2D eigenvalue weighted by molar-refractivity contribution is -0.157. The second-order valence-electron chi connectivity index (χ2n) is 9.21. The number of allylic oxidation sites excluding steroid dienone is 2. The first-order chi connectivity index (χ1) is 14.7. The van der Waals surface area contributed by atoms with Crippen LogP contribution in [0.5, 0.6) is 0 Å². The minimum Gasteiger partial charge on any atom is -0.462 e. The number of esters is 1. The molecule has 0 unspecified atom stereocenters. The van der Waals surface area contributed by atoms with Crippen molar-refractivity contribution >= 4 is 5.97 Å². The standard InChI is InChI=1S/C27H37NO2/c1-2-3-4-6-21-8-12-23(13-9-21)24-16-18-26(19-17-24)30-27(29)25-14-10-22(11-15-25)7-5-20-28/h5,7-9,12-13,22,24-26H,2-4,6,10-11,14-19H2,1H3/t22-,24-,25-,26-. The number of rotatable bonds is 8. The van der Waals surface area contributed by atoms with Crippen molar-refractivity contribution in [3.05, 3.63) is 47.5 Å². The van der Waals surface area contributed by atoms with E-state index < -0.39 is 0 Å². The Balaban J connectivity index is 1.39. The molecule has 0 aromatic heterocycles. The Labute approximate surface area is 182 Å². The Hall–Kier alpha value is -2.08. The molecule has 3 rings (SSSR count). The second-order valence-corrected chi connectivity index (χ2v) is 9.21. The lowest BCUT2D eigenvalue weighted by Crippen LogP contribution is -2.29. The first kappa shape index (κ1) is 22.6. The molecule has 0 heterocycles. The molecule has 162 valence electrons. The van der Waals surface area contributed by atoms with Gasteiger partial charge in [0.1, 0.15) is 6.10 Å². The molecular formula is C27H37NO2. The highest BCUT2D eigenvalue weighted by Gasteiger charge is 2.30. The topological polar surface area (TPSA) is 50.1 Å². The van der Waals surface area contributed by atoms with Crippen LogP contribution >= 0.6 is 0 Å². The van der Waals surface area contributed by atoms with Crippen molar-refractivity contribution in [1.29, 1.82) is 5.26 Å². The maximum atomic E-state index is 12.6. The molecule has 0 saturated heterocycles. The highest BCUT2D eigenvalue weighted by molar-refractivity contribution is 5.72. The van der Waals surface area contributed by atoms with Gasteiger partial charge in [-0.15, -0.1) is 0 Å². The van der Waals surface area contributed by atoms with E-state index in [4.69, 9.17) is 10.00 Å². The predicted octanol–water partition coefficient (Wildman–Crippen LogP) is 6.87. The molecule has 1 aromatic carbocycles. The van der Waals surface area contributed by atoms with Crippen molar-refractivity contribution in [2.45, 2.75) is 96.0 Å². The van der Waals surface area contributed by atoms with Gasteiger partial charge in [0.25, 0.3) is 0 Å². The van der Waals surface area contributed by atoms with Gasteiger partial charge in [-0.25, -0.2) is 0 Å². The van der Waals surface area contributed by atoms with Crippen LogP contribution in [0.1, 0.15) is 94.6 Å². The molecule has 2 aliphatic rings. The monoisotopic (exact) mass is 407 g/mol. The molecular weight excluding hydrogens is 370 g/mol. The van der Waals surface area contributed by atoms with Gasteiger partial charge < -0.3 is 4.74 Å². The largest absolute Gasteiger partial charge is 0.462 e. The summed E-state index contributed by atoms with van der Waals surface area (Å²) in [6, 6.07) is 11.3. The van der Waals surface area contributed by atoms with Gasteiger partial charge in [0.2, 0.25) is 0 Å². The average molecular weight is 408 g/mol. The van der Waals surface area contributed by atoms with Crippen molar-refractivity contribution in [2.24, 2.45) is 11.8 Å². The van der Waals surface area contributed by atoms with E-state index in [9.17, 15) is 4.79 Å². The Kier molecular flexibility index (Phi) is 9.00. The third kappa shape index (κ3) is 6.73. The van der Waals surface area contributed by atoms with Gasteiger partial charge in [0, 0.05) is 6.08 Å². The summed E-state index contributed by atoms with van der Waals surface area (Å²) in [7, 11) is 0. The van der Waals surface area contributed by atoms with Gasteiger partial charge in [-0.1, -0.05) is 50.1 Å². The minimum absolute atomic E-state index is 0.0117. The van der Waals surface area contributed by atoms with E-state index in [-0.39, 0.29) is 18.0 Å². The van der Waals surface area contributed by atoms with Gasteiger partial charge in [-0.05, 0) is 87.2 Å². The van der Waals surface area contributed by atoms with Crippen molar-refractivity contribution in [3.63, 3.8) is 0 Å². The summed E-state index contributed by atoms with van der Waals surface area (Å²) in [5, 5.41) is 8.65. The number of nitrogens with zero attached hydrogens (tertiary/aromatic N) is 1. The number of hydrogen-bond acceptors (Lipinski definition) is 3. The fourth-order valence-corrected chi connectivity index (χ4v) is 5.04. The third-order valence-electron chi connectivity index (χ3n) is 7.03. The van der Waals surface area contributed by atoms with Crippen LogP contribution in [-0.4, -0.2) is 12.1 Å². The molecule has 1 aromatic rings. The van der Waals surface area contributed by atoms with E-state index in [2.05, 4.69) is 37.3 Å². The molecule has 3 nitrogen and oxygen atoms in total. The third-order valence-corrected chi connectivity index (χ3v) is 7.03. The normalized spacial score (nSPS) is 26.9. The fraction of sp³-hybridized carbons (Fsp3) is 0.630. The Morgan fingerprint density at radius 3 is 2.37 bits per heavy atom. The Bertz CT molecular complexity index is 714. The number of ether oxygens (including phenoxy) is 1. The lowest BCUT2D eigenvalue weighted by atomic mass is 9.81. The van der Waals surface area contributed by atoms with Crippen LogP contribution in [0.4, 0.5) is 0 Å². The van der Waals surface area contributed by atoms with Crippen LogP contribution in [0.25, 0.3) is 0 Å². The summed E-state index contributed by atoms with van der Waals surface area (Å²) in [5.74, 6) is 1.11. The maximum Gasteiger partial charge on any atom is 0.309 e. The summed E-state index contributed by atoms with van der Waals surface area (Å²) in [6.07, 6.45) is 16.6. The van der Waals surface area contributed by atoms with Crippen LogP contribution in [0.2, 0.25) is 0 Å². The summed E-state index contributed by atoms with van der Waals surface area (Å²) < 4.78 is 5.90. The van der Waals surface area contributed by atoms with Crippen molar-refractivity contribution in [2.75, 3.05) is 0 Å². The molecule has 2 saturated carbocycles. The Morgan fingerprint density at radius 1 is 1.03 bits per heavy atom. The smallest absolute Gasteiger partial charge is 0.309 e. The van der Waals surface area contributed by atoms with Crippen LogP contribution in [0.15, 0.2) is 36.4 Å². The van der Waals surface area contributed by atoms with Gasteiger partial charge in [-0.2, -0.15) is 5.26 Å². The van der Waals surface area contributed by atoms with Gasteiger partial charge in [0.15, 0.2) is 0 Å². The number of nitriles is 1. The molecule has 3 heteroatoms. The van der Waals surface area contributed by atoms with E-state index in [1.807, 2.05) is 6.08 Å². The van der Waals surface area contributed by atoms with Gasteiger partial charge in [0.05, 0.1) is 12.0 Å². The number of hydrogen-bond donors (Lipinski definition) is 0. The van der Waals surface area contributed by atoms with E-state index in [1.54, 1.807) is 6.08 Å². The highest BCUT2D eigenvalue weighted by atomic mass is 16.5. The molecule has 0 radical (unpaired) electrons. The van der Waals surface area contributed by atoms with Crippen molar-refractivity contribution in [3.8, 4) is 6.07 Å². The average Bonchev–Trinajstić information content (AvgIpc) is 2.79. The zero-order valence-electron chi connectivity index (χ0n) is 18.5. The van der Waals surface area contributed by atoms with E-state index >= 15 is 0 Å². The molecule has 0 atom stereocenters. The number of benzene rings is 1. The zero-order chi connectivity index (χ0) is 21.2. The SMILES string of the molecule is CCCCCc1ccc([C@H]2CC[C@H](OC(=O)[C@H]3CC[C@H](C=CC#N)CC3)CC2)cc1. The summed E-state index contributed by atoms with van der Waals surface area (Å²) in [5.41, 5.74) is 2.90. The first-order valence-corrected chi connectivity index (χ1v) is 12.0. The lowest BCUT2D eigenvalue weighted by Gasteiger charge is -2.31. The molecule has 0 bridgehead atoms. The van der Waals surface area contributed by atoms with Crippen molar-refractivity contribution < 1.29 is 9.53 Å². The molecule has 0 spiro atoms. The molecule has 30 heavy (non-hydrogen) atoms. The number of carbonyl (C=O) groups excluding carboxylic acids is 1. The van der Waals surface area contributed by atoms with Crippen LogP contribution in [-0.2, 0) is 16.0 Å². The van der Waals surface area contributed by atoms with Crippen LogP contribution in [0, 0.1) is 23.2 Å². The first-order valence-electron chi connectivity index (χ1n) is 12.0. The van der Waals surface area contributed by atoms with Crippen molar-refractivity contribution in [1.82, 2.24) is 0 Å².